The van der Waals surface area contributed by atoms with Crippen LogP contribution in [0.1, 0.15) is 59.3 Å². The van der Waals surface area contributed by atoms with Crippen LogP contribution in [-0.4, -0.2) is 33.5 Å². The predicted molar refractivity (Wildman–Crippen MR) is 93.7 cm³/mol. The van der Waals surface area contributed by atoms with Crippen LogP contribution in [0.15, 0.2) is 12.2 Å². The van der Waals surface area contributed by atoms with Crippen molar-refractivity contribution in [3.8, 4) is 0 Å². The number of fused-ring (bicyclic) bond motifs is 5. The molecule has 0 saturated heterocycles. The number of carbonyl (C=O) groups excluding carboxylic acids is 2. The van der Waals surface area contributed by atoms with Gasteiger partial charge in [-0.05, 0) is 62.2 Å². The lowest BCUT2D eigenvalue weighted by Gasteiger charge is -2.59. The molecule has 3 saturated carbocycles. The third-order valence-electron chi connectivity index (χ3n) is 8.71. The van der Waals surface area contributed by atoms with E-state index in [1.54, 1.807) is 0 Å². The lowest BCUT2D eigenvalue weighted by molar-refractivity contribution is -0.169. The van der Waals surface area contributed by atoms with E-state index in [2.05, 4.69) is 13.0 Å². The van der Waals surface area contributed by atoms with Gasteiger partial charge in [0.2, 0.25) is 0 Å². The third-order valence-corrected chi connectivity index (χ3v) is 8.71. The Labute approximate surface area is 149 Å². The van der Waals surface area contributed by atoms with Crippen LogP contribution < -0.4 is 0 Å². The summed E-state index contributed by atoms with van der Waals surface area (Å²) in [6, 6.07) is 0. The smallest absolute Gasteiger partial charge is 0.161 e. The van der Waals surface area contributed by atoms with Crippen LogP contribution in [0.5, 0.6) is 0 Å². The lowest BCUT2D eigenvalue weighted by atomic mass is 9.45. The van der Waals surface area contributed by atoms with Gasteiger partial charge in [-0.1, -0.05) is 26.0 Å². The molecule has 0 bridgehead atoms. The molecular formula is C21H30O4. The van der Waals surface area contributed by atoms with Gasteiger partial charge >= 0.3 is 0 Å². The summed E-state index contributed by atoms with van der Waals surface area (Å²) in [4.78, 5) is 25.3. The van der Waals surface area contributed by atoms with Crippen molar-refractivity contribution in [2.75, 3.05) is 0 Å². The molecule has 25 heavy (non-hydrogen) atoms. The molecule has 3 fully saturated rings. The fraction of sp³-hybridized carbons (Fsp3) is 0.810. The highest BCUT2D eigenvalue weighted by atomic mass is 16.3. The molecule has 0 aromatic rings. The molecule has 138 valence electrons. The van der Waals surface area contributed by atoms with Crippen LogP contribution in [-0.2, 0) is 9.59 Å². The van der Waals surface area contributed by atoms with Crippen LogP contribution in [0.25, 0.3) is 0 Å². The van der Waals surface area contributed by atoms with Gasteiger partial charge < -0.3 is 10.2 Å². The Morgan fingerprint density at radius 1 is 1.20 bits per heavy atom. The zero-order valence-electron chi connectivity index (χ0n) is 15.5. The maximum Gasteiger partial charge on any atom is 0.161 e. The Morgan fingerprint density at radius 2 is 1.88 bits per heavy atom. The molecule has 0 aromatic heterocycles. The van der Waals surface area contributed by atoms with Crippen LogP contribution >= 0.6 is 0 Å². The number of aliphatic hydroxyl groups excluding tert-OH is 1. The van der Waals surface area contributed by atoms with Gasteiger partial charge in [0.25, 0.3) is 0 Å². The van der Waals surface area contributed by atoms with Crippen molar-refractivity contribution < 1.29 is 19.8 Å². The van der Waals surface area contributed by atoms with Crippen LogP contribution in [0.4, 0.5) is 0 Å². The fourth-order valence-electron chi connectivity index (χ4n) is 7.07. The molecule has 2 N–H and O–H groups in total. The normalized spacial score (nSPS) is 54.6. The second-order valence-electron chi connectivity index (χ2n) is 9.55. The van der Waals surface area contributed by atoms with Gasteiger partial charge in [0.1, 0.15) is 11.4 Å². The third kappa shape index (κ3) is 2.07. The van der Waals surface area contributed by atoms with E-state index in [1.807, 2.05) is 13.0 Å². The maximum absolute atomic E-state index is 13.1. The van der Waals surface area contributed by atoms with Crippen molar-refractivity contribution in [3.05, 3.63) is 12.2 Å². The van der Waals surface area contributed by atoms with E-state index >= 15 is 0 Å². The minimum atomic E-state index is -1.28. The summed E-state index contributed by atoms with van der Waals surface area (Å²) in [5.41, 5.74) is -1.83. The SMILES string of the molecule is CC(=O)[C@@]1(O)CC[C@H]2[C@@H]3C(=O)CC4C[C@@H](O)C=C[C@]4(C)[C@H]3CC[C@@]21C. The Bertz CT molecular complexity index is 654. The molecule has 4 rings (SSSR count). The summed E-state index contributed by atoms with van der Waals surface area (Å²) in [7, 11) is 0. The average molecular weight is 346 g/mol. The first kappa shape index (κ1) is 17.4. The number of ketones is 2. The number of allylic oxidation sites excluding steroid dienone is 1. The van der Waals surface area contributed by atoms with Crippen molar-refractivity contribution in [2.24, 2.45) is 34.5 Å². The van der Waals surface area contributed by atoms with Crippen LogP contribution in [0, 0.1) is 34.5 Å². The summed E-state index contributed by atoms with van der Waals surface area (Å²) in [5, 5.41) is 21.1. The van der Waals surface area contributed by atoms with E-state index in [0.717, 1.165) is 19.3 Å². The molecule has 0 radical (unpaired) electrons. The van der Waals surface area contributed by atoms with E-state index in [0.29, 0.717) is 25.0 Å². The Kier molecular flexibility index (Phi) is 3.66. The van der Waals surface area contributed by atoms with Crippen molar-refractivity contribution in [1.82, 2.24) is 0 Å². The highest BCUT2D eigenvalue weighted by Gasteiger charge is 2.67. The van der Waals surface area contributed by atoms with Crippen molar-refractivity contribution in [2.45, 2.75) is 71.0 Å². The van der Waals surface area contributed by atoms with Crippen LogP contribution in [0.3, 0.4) is 0 Å². The number of hydrogen-bond donors (Lipinski definition) is 2. The summed E-state index contributed by atoms with van der Waals surface area (Å²) < 4.78 is 0. The van der Waals surface area contributed by atoms with E-state index in [1.165, 1.54) is 6.92 Å². The van der Waals surface area contributed by atoms with Gasteiger partial charge in [-0.3, -0.25) is 9.59 Å². The fourth-order valence-corrected chi connectivity index (χ4v) is 7.07. The molecule has 0 aromatic carbocycles. The maximum atomic E-state index is 13.1. The van der Waals surface area contributed by atoms with Crippen molar-refractivity contribution in [3.63, 3.8) is 0 Å². The van der Waals surface area contributed by atoms with Crippen molar-refractivity contribution in [1.29, 1.82) is 0 Å². The first-order valence-corrected chi connectivity index (χ1v) is 9.77. The van der Waals surface area contributed by atoms with E-state index in [4.69, 9.17) is 0 Å². The number of rotatable bonds is 1. The minimum absolute atomic E-state index is 0.0595. The molecule has 4 nitrogen and oxygen atoms in total. The molecule has 4 aliphatic rings. The van der Waals surface area contributed by atoms with Crippen molar-refractivity contribution >= 4 is 11.6 Å². The van der Waals surface area contributed by atoms with Gasteiger partial charge in [0.05, 0.1) is 6.10 Å². The van der Waals surface area contributed by atoms with Crippen LogP contribution in [0.2, 0.25) is 0 Å². The quantitative estimate of drug-likeness (QED) is 0.716. The van der Waals surface area contributed by atoms with Gasteiger partial charge in [-0.25, -0.2) is 0 Å². The number of Topliss-reactive ketones (excluding diaryl/α,β-unsaturated/α-hetero) is 2. The highest BCUT2D eigenvalue weighted by molar-refractivity contribution is 5.88. The van der Waals surface area contributed by atoms with E-state index in [-0.39, 0.29) is 34.9 Å². The standard InChI is InChI=1S/C21H30O4/c1-12(22)21(25)9-6-16-18-15(5-8-20(16,21)3)19(2)7-4-14(23)10-13(19)11-17(18)24/h4,7,13-16,18,23,25H,5-6,8-11H2,1-3H3/t13?,14-,15-,16-,18+,19-,20-,21-/m0/s1. The summed E-state index contributed by atoms with van der Waals surface area (Å²) in [6.07, 6.45) is 7.70. The molecule has 4 heteroatoms. The summed E-state index contributed by atoms with van der Waals surface area (Å²) in [5.74, 6) is 0.634. The number of aliphatic hydroxyl groups is 2. The van der Waals surface area contributed by atoms with Gasteiger partial charge in [-0.15, -0.1) is 0 Å². The molecule has 0 spiro atoms. The monoisotopic (exact) mass is 346 g/mol. The second-order valence-corrected chi connectivity index (χ2v) is 9.55. The Balaban J connectivity index is 1.74. The zero-order valence-corrected chi connectivity index (χ0v) is 15.5. The highest BCUT2D eigenvalue weighted by Crippen LogP contribution is 2.66. The molecule has 1 unspecified atom stereocenters. The van der Waals surface area contributed by atoms with E-state index in [9.17, 15) is 19.8 Å². The Morgan fingerprint density at radius 3 is 2.56 bits per heavy atom. The number of hydrogen-bond acceptors (Lipinski definition) is 4. The summed E-state index contributed by atoms with van der Waals surface area (Å²) in [6.45, 7) is 5.77. The number of carbonyl (C=O) groups is 2. The molecule has 0 amide bonds. The first-order chi connectivity index (χ1) is 11.6. The van der Waals surface area contributed by atoms with Gasteiger partial charge in [0.15, 0.2) is 5.78 Å². The molecular weight excluding hydrogens is 316 g/mol. The Hall–Kier alpha value is -1.00. The minimum Gasteiger partial charge on any atom is -0.389 e. The molecule has 0 aliphatic heterocycles. The molecule has 4 aliphatic carbocycles. The van der Waals surface area contributed by atoms with Gasteiger partial charge in [-0.2, -0.15) is 0 Å². The van der Waals surface area contributed by atoms with E-state index < -0.39 is 17.1 Å². The predicted octanol–water partition coefficient (Wildman–Crippen LogP) is 2.67. The second kappa shape index (κ2) is 5.26. The van der Waals surface area contributed by atoms with Gasteiger partial charge in [0, 0.05) is 17.8 Å². The summed E-state index contributed by atoms with van der Waals surface area (Å²) >= 11 is 0. The molecule has 0 heterocycles. The molecule has 8 atom stereocenters. The average Bonchev–Trinajstić information content (AvgIpc) is 2.82. The largest absolute Gasteiger partial charge is 0.389 e. The first-order valence-electron chi connectivity index (χ1n) is 9.77. The lowest BCUT2D eigenvalue weighted by Crippen LogP contribution is -2.60. The topological polar surface area (TPSA) is 74.6 Å². The zero-order chi connectivity index (χ0) is 18.2.